The fourth-order valence-electron chi connectivity index (χ4n) is 1.83. The summed E-state index contributed by atoms with van der Waals surface area (Å²) in [6, 6.07) is 7.44. The molecule has 0 bridgehead atoms. The van der Waals surface area contributed by atoms with Gasteiger partial charge in [0.1, 0.15) is 12.4 Å². The molecule has 0 atom stereocenters. The second-order valence-corrected chi connectivity index (χ2v) is 4.12. The minimum atomic E-state index is 0.674. The zero-order valence-corrected chi connectivity index (χ0v) is 10.3. The van der Waals surface area contributed by atoms with Gasteiger partial charge in [-0.05, 0) is 29.8 Å². The number of morpholine rings is 1. The van der Waals surface area contributed by atoms with Gasteiger partial charge in [-0.2, -0.15) is 0 Å². The van der Waals surface area contributed by atoms with Crippen LogP contribution in [0.1, 0.15) is 5.56 Å². The van der Waals surface area contributed by atoms with Crippen molar-refractivity contribution in [3.8, 4) is 5.75 Å². The number of rotatable bonds is 5. The zero-order chi connectivity index (χ0) is 12.6. The second-order valence-electron chi connectivity index (χ2n) is 4.12. The molecule has 18 heavy (non-hydrogen) atoms. The third kappa shape index (κ3) is 4.01. The van der Waals surface area contributed by atoms with E-state index in [2.05, 4.69) is 10.1 Å². The first-order valence-electron chi connectivity index (χ1n) is 6.09. The van der Waals surface area contributed by atoms with Gasteiger partial charge in [0.25, 0.3) is 0 Å². The van der Waals surface area contributed by atoms with E-state index >= 15 is 0 Å². The van der Waals surface area contributed by atoms with Crippen LogP contribution in [0.15, 0.2) is 29.4 Å². The number of hydrogen-bond acceptors (Lipinski definition) is 5. The maximum atomic E-state index is 8.40. The highest BCUT2D eigenvalue weighted by Gasteiger charge is 2.09. The van der Waals surface area contributed by atoms with Crippen molar-refractivity contribution < 1.29 is 14.7 Å². The van der Waals surface area contributed by atoms with E-state index in [0.29, 0.717) is 6.61 Å². The summed E-state index contributed by atoms with van der Waals surface area (Å²) in [4.78, 5) is 2.33. The Morgan fingerprint density at radius 3 is 2.67 bits per heavy atom. The Hall–Kier alpha value is -1.59. The van der Waals surface area contributed by atoms with E-state index in [1.165, 1.54) is 6.21 Å². The molecular weight excluding hydrogens is 232 g/mol. The van der Waals surface area contributed by atoms with Crippen LogP contribution >= 0.6 is 0 Å². The molecule has 1 aromatic rings. The maximum absolute atomic E-state index is 8.40. The predicted octanol–water partition coefficient (Wildman–Crippen LogP) is 1.21. The normalized spacial score (nSPS) is 17.1. The molecule has 1 aliphatic rings. The molecule has 1 N–H and O–H groups in total. The molecular formula is C13H18N2O3. The van der Waals surface area contributed by atoms with Crippen LogP contribution in [-0.2, 0) is 4.74 Å². The molecule has 1 aromatic carbocycles. The van der Waals surface area contributed by atoms with Gasteiger partial charge < -0.3 is 14.7 Å². The van der Waals surface area contributed by atoms with Crippen LogP contribution in [0.3, 0.4) is 0 Å². The summed E-state index contributed by atoms with van der Waals surface area (Å²) in [5.74, 6) is 0.832. The standard InChI is InChI=1S/C13H18N2O3/c16-14-11-12-1-3-13(4-2-12)18-10-7-15-5-8-17-9-6-15/h1-4,11,16H,5-10H2. The van der Waals surface area contributed by atoms with Crippen molar-refractivity contribution in [3.05, 3.63) is 29.8 Å². The Labute approximate surface area is 107 Å². The molecule has 98 valence electrons. The summed E-state index contributed by atoms with van der Waals surface area (Å²) >= 11 is 0. The van der Waals surface area contributed by atoms with Crippen LogP contribution in [0.4, 0.5) is 0 Å². The summed E-state index contributed by atoms with van der Waals surface area (Å²) in [5, 5.41) is 11.4. The quantitative estimate of drug-likeness (QED) is 0.485. The molecule has 0 aromatic heterocycles. The van der Waals surface area contributed by atoms with Gasteiger partial charge in [-0.25, -0.2) is 0 Å². The van der Waals surface area contributed by atoms with Crippen LogP contribution in [0.25, 0.3) is 0 Å². The molecule has 1 fully saturated rings. The number of oxime groups is 1. The van der Waals surface area contributed by atoms with E-state index in [9.17, 15) is 0 Å². The van der Waals surface area contributed by atoms with Crippen molar-refractivity contribution in [3.63, 3.8) is 0 Å². The first-order valence-corrected chi connectivity index (χ1v) is 6.09. The molecule has 0 spiro atoms. The lowest BCUT2D eigenvalue weighted by molar-refractivity contribution is 0.0322. The summed E-state index contributed by atoms with van der Waals surface area (Å²) in [6.07, 6.45) is 1.39. The molecule has 1 saturated heterocycles. The molecule has 5 nitrogen and oxygen atoms in total. The van der Waals surface area contributed by atoms with Gasteiger partial charge in [0.05, 0.1) is 19.4 Å². The monoisotopic (exact) mass is 250 g/mol. The number of benzene rings is 1. The fourth-order valence-corrected chi connectivity index (χ4v) is 1.83. The molecule has 2 rings (SSSR count). The lowest BCUT2D eigenvalue weighted by atomic mass is 10.2. The minimum Gasteiger partial charge on any atom is -0.492 e. The molecule has 0 radical (unpaired) electrons. The van der Waals surface area contributed by atoms with E-state index in [1.807, 2.05) is 24.3 Å². The van der Waals surface area contributed by atoms with E-state index < -0.39 is 0 Å². The highest BCUT2D eigenvalue weighted by atomic mass is 16.5. The minimum absolute atomic E-state index is 0.674. The van der Waals surface area contributed by atoms with Crippen molar-refractivity contribution in [1.29, 1.82) is 0 Å². The molecule has 0 aliphatic carbocycles. The Kier molecular flexibility index (Phi) is 4.99. The van der Waals surface area contributed by atoms with Gasteiger partial charge in [-0.1, -0.05) is 5.16 Å². The van der Waals surface area contributed by atoms with Gasteiger partial charge in [0, 0.05) is 19.6 Å². The summed E-state index contributed by atoms with van der Waals surface area (Å²) in [7, 11) is 0. The maximum Gasteiger partial charge on any atom is 0.119 e. The van der Waals surface area contributed by atoms with E-state index in [1.54, 1.807) is 0 Å². The third-order valence-corrected chi connectivity index (χ3v) is 2.87. The molecule has 1 aliphatic heterocycles. The van der Waals surface area contributed by atoms with Gasteiger partial charge in [-0.3, -0.25) is 4.90 Å². The highest BCUT2D eigenvalue weighted by Crippen LogP contribution is 2.11. The molecule has 0 unspecified atom stereocenters. The number of ether oxygens (including phenoxy) is 2. The van der Waals surface area contributed by atoms with Gasteiger partial charge in [0.15, 0.2) is 0 Å². The van der Waals surface area contributed by atoms with Crippen molar-refractivity contribution in [2.75, 3.05) is 39.5 Å². The molecule has 1 heterocycles. The molecule has 0 saturated carbocycles. The Morgan fingerprint density at radius 2 is 2.00 bits per heavy atom. The average Bonchev–Trinajstić information content (AvgIpc) is 2.42. The van der Waals surface area contributed by atoms with Gasteiger partial charge >= 0.3 is 0 Å². The first-order chi connectivity index (χ1) is 8.88. The zero-order valence-electron chi connectivity index (χ0n) is 10.3. The van der Waals surface area contributed by atoms with Crippen LogP contribution in [0.2, 0.25) is 0 Å². The SMILES string of the molecule is ON=Cc1ccc(OCCN2CCOCC2)cc1. The summed E-state index contributed by atoms with van der Waals surface area (Å²) in [6.45, 7) is 5.19. The van der Waals surface area contributed by atoms with Crippen LogP contribution in [0.5, 0.6) is 5.75 Å². The topological polar surface area (TPSA) is 54.3 Å². The number of hydrogen-bond donors (Lipinski definition) is 1. The fraction of sp³-hybridized carbons (Fsp3) is 0.462. The van der Waals surface area contributed by atoms with E-state index in [0.717, 1.165) is 44.2 Å². The highest BCUT2D eigenvalue weighted by molar-refractivity contribution is 5.79. The smallest absolute Gasteiger partial charge is 0.119 e. The molecule has 0 amide bonds. The van der Waals surface area contributed by atoms with Crippen molar-refractivity contribution in [2.24, 2.45) is 5.16 Å². The Bertz CT molecular complexity index is 372. The third-order valence-electron chi connectivity index (χ3n) is 2.87. The lowest BCUT2D eigenvalue weighted by Gasteiger charge is -2.26. The van der Waals surface area contributed by atoms with Crippen molar-refractivity contribution >= 4 is 6.21 Å². The predicted molar refractivity (Wildman–Crippen MR) is 68.6 cm³/mol. The Balaban J connectivity index is 1.72. The van der Waals surface area contributed by atoms with E-state index in [-0.39, 0.29) is 0 Å². The lowest BCUT2D eigenvalue weighted by Crippen LogP contribution is -2.38. The summed E-state index contributed by atoms with van der Waals surface area (Å²) < 4.78 is 10.9. The second kappa shape index (κ2) is 6.98. The van der Waals surface area contributed by atoms with Crippen LogP contribution in [-0.4, -0.2) is 55.8 Å². The van der Waals surface area contributed by atoms with Crippen molar-refractivity contribution in [2.45, 2.75) is 0 Å². The Morgan fingerprint density at radius 1 is 1.28 bits per heavy atom. The molecule has 5 heteroatoms. The van der Waals surface area contributed by atoms with Crippen LogP contribution < -0.4 is 4.74 Å². The van der Waals surface area contributed by atoms with E-state index in [4.69, 9.17) is 14.7 Å². The van der Waals surface area contributed by atoms with Gasteiger partial charge in [0.2, 0.25) is 0 Å². The summed E-state index contributed by atoms with van der Waals surface area (Å²) in [5.41, 5.74) is 0.845. The number of nitrogens with zero attached hydrogens (tertiary/aromatic N) is 2. The largest absolute Gasteiger partial charge is 0.492 e. The first kappa shape index (κ1) is 12.9. The van der Waals surface area contributed by atoms with Crippen molar-refractivity contribution in [1.82, 2.24) is 4.90 Å². The van der Waals surface area contributed by atoms with Crippen LogP contribution in [0, 0.1) is 0 Å². The van der Waals surface area contributed by atoms with Gasteiger partial charge in [-0.15, -0.1) is 0 Å². The average molecular weight is 250 g/mol.